The molecule has 0 spiro atoms. The standard InChI is InChI=1S/C32H31NO4S.C3H4N2/c1-3-4-5-8-15-37-27-14-13-26(16-21(27)2)31-30(32(35)36)33-28(34)19-23(20-29(33)38-31)17-22-11-12-24-9-6-7-10-25(24)18-22;1-2-5-3-4-1/h6-7,9-14,16,18-20H,3-5,8,15,17H2,1-2H3,(H,35,36);1-3H,(H,4,5). The number of aromatic carboxylic acids is 1. The predicted molar refractivity (Wildman–Crippen MR) is 174 cm³/mol. The summed E-state index contributed by atoms with van der Waals surface area (Å²) in [6.07, 6.45) is 10.2. The number of nitrogens with one attached hydrogen (secondary N) is 1. The fourth-order valence-electron chi connectivity index (χ4n) is 5.10. The maximum Gasteiger partial charge on any atom is 0.354 e. The van der Waals surface area contributed by atoms with E-state index in [4.69, 9.17) is 4.74 Å². The Labute approximate surface area is 254 Å². The number of aromatic nitrogens is 3. The van der Waals surface area contributed by atoms with Gasteiger partial charge in [-0.15, -0.1) is 11.3 Å². The Morgan fingerprint density at radius 2 is 1.81 bits per heavy atom. The van der Waals surface area contributed by atoms with E-state index in [1.807, 2.05) is 43.3 Å². The summed E-state index contributed by atoms with van der Waals surface area (Å²) in [5.41, 5.74) is 3.34. The van der Waals surface area contributed by atoms with Gasteiger partial charge in [0.05, 0.1) is 17.8 Å². The number of unbranched alkanes of at least 4 members (excludes halogenated alkanes) is 3. The number of fused-ring (bicyclic) bond motifs is 2. The van der Waals surface area contributed by atoms with Crippen molar-refractivity contribution in [2.45, 2.75) is 46.0 Å². The molecule has 0 aliphatic carbocycles. The van der Waals surface area contributed by atoms with Crippen molar-refractivity contribution in [2.24, 2.45) is 0 Å². The number of nitrogens with zero attached hydrogens (tertiary/aromatic N) is 2. The molecule has 7 nitrogen and oxygen atoms in total. The SMILES string of the molecule is CCCCCCOc1ccc(-c2sc3cc(Cc4ccc5ccccc5c4)cc(=O)n3c2C(=O)O)cc1C.c1c[nH]cn1. The van der Waals surface area contributed by atoms with Gasteiger partial charge in [-0.25, -0.2) is 9.78 Å². The van der Waals surface area contributed by atoms with Crippen molar-refractivity contribution >= 4 is 32.9 Å². The van der Waals surface area contributed by atoms with Gasteiger partial charge in [0.25, 0.3) is 5.56 Å². The zero-order chi connectivity index (χ0) is 30.2. The van der Waals surface area contributed by atoms with E-state index in [0.29, 0.717) is 22.7 Å². The van der Waals surface area contributed by atoms with E-state index < -0.39 is 5.97 Å². The molecule has 220 valence electrons. The van der Waals surface area contributed by atoms with Gasteiger partial charge in [-0.3, -0.25) is 9.20 Å². The molecule has 6 rings (SSSR count). The van der Waals surface area contributed by atoms with Crippen LogP contribution in [0, 0.1) is 6.92 Å². The molecule has 0 aliphatic rings. The Kier molecular flexibility index (Phi) is 9.69. The largest absolute Gasteiger partial charge is 0.493 e. The van der Waals surface area contributed by atoms with Gasteiger partial charge in [-0.2, -0.15) is 0 Å². The Hall–Kier alpha value is -4.69. The van der Waals surface area contributed by atoms with Crippen molar-refractivity contribution in [3.63, 3.8) is 0 Å². The van der Waals surface area contributed by atoms with Gasteiger partial charge in [0.1, 0.15) is 10.6 Å². The Morgan fingerprint density at radius 3 is 2.51 bits per heavy atom. The second-order valence-electron chi connectivity index (χ2n) is 10.5. The number of rotatable bonds is 10. The van der Waals surface area contributed by atoms with Crippen LogP contribution < -0.4 is 10.3 Å². The van der Waals surface area contributed by atoms with Crippen LogP contribution in [0.3, 0.4) is 0 Å². The number of carbonyl (C=O) groups is 1. The topological polar surface area (TPSA) is 96.7 Å². The van der Waals surface area contributed by atoms with Gasteiger partial charge in [-0.1, -0.05) is 68.7 Å². The van der Waals surface area contributed by atoms with Gasteiger partial charge in [0.15, 0.2) is 5.69 Å². The quantitative estimate of drug-likeness (QED) is 0.156. The number of carboxylic acids is 1. The average Bonchev–Trinajstić information content (AvgIpc) is 3.70. The smallest absolute Gasteiger partial charge is 0.354 e. The number of aromatic amines is 1. The number of carboxylic acid groups (broad SMARTS) is 1. The first-order chi connectivity index (χ1) is 20.9. The van der Waals surface area contributed by atoms with Crippen LogP contribution >= 0.6 is 11.3 Å². The normalized spacial score (nSPS) is 10.9. The van der Waals surface area contributed by atoms with Crippen molar-refractivity contribution in [3.8, 4) is 16.2 Å². The summed E-state index contributed by atoms with van der Waals surface area (Å²) in [7, 11) is 0. The molecule has 0 fully saturated rings. The third-order valence-electron chi connectivity index (χ3n) is 7.23. The minimum atomic E-state index is -1.12. The molecular formula is C35H35N3O4S. The van der Waals surface area contributed by atoms with Gasteiger partial charge in [0.2, 0.25) is 0 Å². The minimum Gasteiger partial charge on any atom is -0.493 e. The third-order valence-corrected chi connectivity index (χ3v) is 8.37. The van der Waals surface area contributed by atoms with E-state index in [9.17, 15) is 14.7 Å². The molecule has 6 aromatic rings. The van der Waals surface area contributed by atoms with Crippen molar-refractivity contribution in [3.05, 3.63) is 124 Å². The second-order valence-corrected chi connectivity index (χ2v) is 11.5. The molecular weight excluding hydrogens is 558 g/mol. The fourth-order valence-corrected chi connectivity index (χ4v) is 6.31. The summed E-state index contributed by atoms with van der Waals surface area (Å²) < 4.78 is 7.28. The first-order valence-electron chi connectivity index (χ1n) is 14.5. The lowest BCUT2D eigenvalue weighted by molar-refractivity contribution is 0.0690. The number of pyridine rings is 1. The van der Waals surface area contributed by atoms with E-state index in [2.05, 4.69) is 47.2 Å². The molecule has 3 aromatic heterocycles. The number of thiazole rings is 1. The van der Waals surface area contributed by atoms with Crippen molar-refractivity contribution < 1.29 is 14.6 Å². The summed E-state index contributed by atoms with van der Waals surface area (Å²) in [4.78, 5) is 33.1. The molecule has 3 heterocycles. The highest BCUT2D eigenvalue weighted by atomic mass is 32.1. The molecule has 43 heavy (non-hydrogen) atoms. The van der Waals surface area contributed by atoms with Crippen LogP contribution in [0.1, 0.15) is 59.8 Å². The van der Waals surface area contributed by atoms with Crippen molar-refractivity contribution in [1.29, 1.82) is 0 Å². The van der Waals surface area contributed by atoms with Crippen LogP contribution in [0.4, 0.5) is 0 Å². The highest BCUT2D eigenvalue weighted by molar-refractivity contribution is 7.21. The van der Waals surface area contributed by atoms with Crippen LogP contribution in [0.15, 0.2) is 96.3 Å². The third kappa shape index (κ3) is 7.21. The summed E-state index contributed by atoms with van der Waals surface area (Å²) in [6, 6.07) is 23.7. The molecule has 0 saturated heterocycles. The van der Waals surface area contributed by atoms with Gasteiger partial charge >= 0.3 is 5.97 Å². The fraction of sp³-hybridized carbons (Fsp3) is 0.229. The molecule has 8 heteroatoms. The number of aryl methyl sites for hydroxylation is 1. The molecule has 0 aliphatic heterocycles. The number of imidazole rings is 1. The van der Waals surface area contributed by atoms with Crippen LogP contribution in [0.5, 0.6) is 5.75 Å². The monoisotopic (exact) mass is 593 g/mol. The Bertz CT molecular complexity index is 1870. The lowest BCUT2D eigenvalue weighted by atomic mass is 10.0. The van der Waals surface area contributed by atoms with E-state index in [-0.39, 0.29) is 11.3 Å². The lowest BCUT2D eigenvalue weighted by Crippen LogP contribution is -2.17. The van der Waals surface area contributed by atoms with Crippen LogP contribution in [-0.2, 0) is 6.42 Å². The molecule has 0 saturated carbocycles. The minimum absolute atomic E-state index is 0.000103. The highest BCUT2D eigenvalue weighted by Crippen LogP contribution is 2.35. The Morgan fingerprint density at radius 1 is 0.977 bits per heavy atom. The maximum absolute atomic E-state index is 13.2. The zero-order valence-electron chi connectivity index (χ0n) is 24.4. The summed E-state index contributed by atoms with van der Waals surface area (Å²) >= 11 is 1.33. The molecule has 0 radical (unpaired) electrons. The van der Waals surface area contributed by atoms with Crippen LogP contribution in [0.2, 0.25) is 0 Å². The van der Waals surface area contributed by atoms with Gasteiger partial charge in [0, 0.05) is 18.5 Å². The number of ether oxygens (including phenoxy) is 1. The first-order valence-corrected chi connectivity index (χ1v) is 15.3. The van der Waals surface area contributed by atoms with Crippen molar-refractivity contribution in [1.82, 2.24) is 14.4 Å². The second kappa shape index (κ2) is 14.0. The predicted octanol–water partition coefficient (Wildman–Crippen LogP) is 8.15. The van der Waals surface area contributed by atoms with Crippen LogP contribution in [0.25, 0.3) is 26.0 Å². The number of benzene rings is 3. The maximum atomic E-state index is 13.2. The molecule has 0 bridgehead atoms. The Balaban J connectivity index is 0.000000668. The molecule has 0 amide bonds. The number of H-pyrrole nitrogens is 1. The lowest BCUT2D eigenvalue weighted by Gasteiger charge is -2.10. The highest BCUT2D eigenvalue weighted by Gasteiger charge is 2.22. The summed E-state index contributed by atoms with van der Waals surface area (Å²) in [6.45, 7) is 4.81. The van der Waals surface area contributed by atoms with Gasteiger partial charge < -0.3 is 14.8 Å². The molecule has 3 aromatic carbocycles. The van der Waals surface area contributed by atoms with E-state index in [0.717, 1.165) is 46.2 Å². The van der Waals surface area contributed by atoms with Crippen molar-refractivity contribution in [2.75, 3.05) is 6.61 Å². The van der Waals surface area contributed by atoms with Crippen LogP contribution in [-0.4, -0.2) is 32.1 Å². The average molecular weight is 594 g/mol. The molecule has 0 atom stereocenters. The van der Waals surface area contributed by atoms with E-state index in [1.165, 1.54) is 34.0 Å². The first kappa shape index (κ1) is 29.8. The summed E-state index contributed by atoms with van der Waals surface area (Å²) in [5, 5.41) is 12.4. The molecule has 2 N–H and O–H groups in total. The summed E-state index contributed by atoms with van der Waals surface area (Å²) in [5.74, 6) is -0.317. The zero-order valence-corrected chi connectivity index (χ0v) is 25.2. The number of hydrogen-bond acceptors (Lipinski definition) is 5. The number of hydrogen-bond donors (Lipinski definition) is 2. The van der Waals surface area contributed by atoms with Gasteiger partial charge in [-0.05, 0) is 77.1 Å². The van der Waals surface area contributed by atoms with E-state index >= 15 is 0 Å². The van der Waals surface area contributed by atoms with E-state index in [1.54, 1.807) is 24.8 Å². The molecule has 0 unspecified atom stereocenters.